The van der Waals surface area contributed by atoms with Gasteiger partial charge >= 0.3 is 0 Å². The van der Waals surface area contributed by atoms with Gasteiger partial charge in [0.2, 0.25) is 5.91 Å². The molecule has 2 bridgehead atoms. The number of amides is 1. The summed E-state index contributed by atoms with van der Waals surface area (Å²) in [7, 11) is 2.15. The van der Waals surface area contributed by atoms with Crippen LogP contribution < -0.4 is 5.73 Å². The molecule has 0 saturated carbocycles. The molecule has 4 heteroatoms. The van der Waals surface area contributed by atoms with Crippen LogP contribution in [-0.4, -0.2) is 54.5 Å². The Labute approximate surface area is 72.3 Å². The van der Waals surface area contributed by atoms with E-state index in [1.54, 1.807) is 0 Å². The number of nitrogens with two attached hydrogens (primary N) is 1. The number of carbonyl (C=O) groups is 1. The summed E-state index contributed by atoms with van der Waals surface area (Å²) in [6.07, 6.45) is 1.21. The van der Waals surface area contributed by atoms with Crippen molar-refractivity contribution in [3.05, 3.63) is 0 Å². The van der Waals surface area contributed by atoms with Crippen LogP contribution in [0.4, 0.5) is 0 Å². The first-order chi connectivity index (χ1) is 5.66. The molecule has 0 aliphatic carbocycles. The highest BCUT2D eigenvalue weighted by molar-refractivity contribution is 5.76. The van der Waals surface area contributed by atoms with Crippen LogP contribution in [0.1, 0.15) is 6.42 Å². The van der Waals surface area contributed by atoms with E-state index in [-0.39, 0.29) is 5.91 Å². The molecular weight excluding hydrogens is 154 g/mol. The van der Waals surface area contributed by atoms with Crippen LogP contribution in [0, 0.1) is 0 Å². The van der Waals surface area contributed by atoms with Gasteiger partial charge in [-0.25, -0.2) is 0 Å². The first kappa shape index (κ1) is 8.01. The van der Waals surface area contributed by atoms with Gasteiger partial charge in [0.15, 0.2) is 0 Å². The van der Waals surface area contributed by atoms with Gasteiger partial charge in [-0.1, -0.05) is 0 Å². The first-order valence-electron chi connectivity index (χ1n) is 4.39. The largest absolute Gasteiger partial charge is 0.369 e. The summed E-state index contributed by atoms with van der Waals surface area (Å²) in [5.74, 6) is -0.204. The Kier molecular flexibility index (Phi) is 1.81. The van der Waals surface area contributed by atoms with Gasteiger partial charge in [0.25, 0.3) is 0 Å². The van der Waals surface area contributed by atoms with E-state index in [9.17, 15) is 4.79 Å². The zero-order chi connectivity index (χ0) is 8.72. The molecule has 2 heterocycles. The summed E-state index contributed by atoms with van der Waals surface area (Å²) in [5, 5.41) is 0. The van der Waals surface area contributed by atoms with Crippen molar-refractivity contribution in [3.63, 3.8) is 0 Å². The van der Waals surface area contributed by atoms with Gasteiger partial charge in [0.1, 0.15) is 0 Å². The van der Waals surface area contributed by atoms with E-state index < -0.39 is 0 Å². The minimum absolute atomic E-state index is 0.204. The van der Waals surface area contributed by atoms with Crippen LogP contribution >= 0.6 is 0 Å². The van der Waals surface area contributed by atoms with Crippen molar-refractivity contribution in [1.82, 2.24) is 9.80 Å². The number of piperazine rings is 1. The van der Waals surface area contributed by atoms with Crippen LogP contribution in [0.2, 0.25) is 0 Å². The van der Waals surface area contributed by atoms with E-state index >= 15 is 0 Å². The molecule has 0 aromatic carbocycles. The smallest absolute Gasteiger partial charge is 0.231 e. The number of primary amides is 1. The summed E-state index contributed by atoms with van der Waals surface area (Å²) in [6.45, 7) is 2.55. The number of carbonyl (C=O) groups excluding carboxylic acids is 1. The molecule has 2 unspecified atom stereocenters. The van der Waals surface area contributed by atoms with Gasteiger partial charge in [0.05, 0.1) is 6.54 Å². The molecule has 1 amide bonds. The van der Waals surface area contributed by atoms with Crippen molar-refractivity contribution in [1.29, 1.82) is 0 Å². The van der Waals surface area contributed by atoms with Crippen LogP contribution in [0.25, 0.3) is 0 Å². The van der Waals surface area contributed by atoms with Crippen LogP contribution in [0.3, 0.4) is 0 Å². The van der Waals surface area contributed by atoms with Gasteiger partial charge in [0, 0.05) is 25.2 Å². The van der Waals surface area contributed by atoms with Gasteiger partial charge in [-0.05, 0) is 13.5 Å². The standard InChI is InChI=1S/C8H15N3O/c1-10-3-7-2-6(10)4-11(7)5-8(9)12/h6-7H,2-5H2,1H3,(H2,9,12). The average Bonchev–Trinajstić information content (AvgIpc) is 2.44. The van der Waals surface area contributed by atoms with Gasteiger partial charge in [-0.2, -0.15) is 0 Å². The van der Waals surface area contributed by atoms with Gasteiger partial charge in [-0.15, -0.1) is 0 Å². The number of likely N-dealkylation sites (tertiary alicyclic amines) is 2. The second kappa shape index (κ2) is 2.71. The van der Waals surface area contributed by atoms with Crippen molar-refractivity contribution in [2.45, 2.75) is 18.5 Å². The third-order valence-corrected chi connectivity index (χ3v) is 2.99. The molecule has 0 aromatic heterocycles. The molecule has 0 radical (unpaired) electrons. The average molecular weight is 169 g/mol. The van der Waals surface area contributed by atoms with E-state index in [0.29, 0.717) is 18.6 Å². The molecule has 12 heavy (non-hydrogen) atoms. The quantitative estimate of drug-likeness (QED) is 0.568. The van der Waals surface area contributed by atoms with Crippen LogP contribution in [0.15, 0.2) is 0 Å². The lowest BCUT2D eigenvalue weighted by atomic mass is 10.2. The van der Waals surface area contributed by atoms with Crippen molar-refractivity contribution < 1.29 is 4.79 Å². The normalized spacial score (nSPS) is 36.1. The van der Waals surface area contributed by atoms with E-state index in [2.05, 4.69) is 16.8 Å². The Bertz CT molecular complexity index is 204. The highest BCUT2D eigenvalue weighted by Gasteiger charge is 2.41. The molecule has 2 fully saturated rings. The Balaban J connectivity index is 1.94. The zero-order valence-corrected chi connectivity index (χ0v) is 7.36. The maximum Gasteiger partial charge on any atom is 0.231 e. The molecule has 2 rings (SSSR count). The van der Waals surface area contributed by atoms with E-state index in [1.165, 1.54) is 6.42 Å². The fourth-order valence-electron chi connectivity index (χ4n) is 2.34. The molecule has 2 N–H and O–H groups in total. The topological polar surface area (TPSA) is 49.6 Å². The number of hydrogen-bond acceptors (Lipinski definition) is 3. The lowest BCUT2D eigenvalue weighted by Gasteiger charge is -2.30. The summed E-state index contributed by atoms with van der Waals surface area (Å²) < 4.78 is 0. The second-order valence-corrected chi connectivity index (χ2v) is 3.88. The van der Waals surface area contributed by atoms with E-state index in [4.69, 9.17) is 5.73 Å². The highest BCUT2D eigenvalue weighted by Crippen LogP contribution is 2.28. The predicted octanol–water partition coefficient (Wildman–Crippen LogP) is -1.14. The van der Waals surface area contributed by atoms with Crippen molar-refractivity contribution in [3.8, 4) is 0 Å². The number of rotatable bonds is 2. The lowest BCUT2D eigenvalue weighted by Crippen LogP contribution is -2.47. The number of fused-ring (bicyclic) bond motifs is 2. The van der Waals surface area contributed by atoms with Crippen molar-refractivity contribution >= 4 is 5.91 Å². The second-order valence-electron chi connectivity index (χ2n) is 3.88. The minimum Gasteiger partial charge on any atom is -0.369 e. The minimum atomic E-state index is -0.204. The summed E-state index contributed by atoms with van der Waals surface area (Å²) in [6, 6.07) is 1.24. The molecule has 2 aliphatic rings. The molecule has 68 valence electrons. The zero-order valence-electron chi connectivity index (χ0n) is 7.36. The summed E-state index contributed by atoms with van der Waals surface area (Å²) >= 11 is 0. The van der Waals surface area contributed by atoms with E-state index in [1.807, 2.05) is 0 Å². The molecule has 2 aliphatic heterocycles. The molecule has 0 spiro atoms. The Morgan fingerprint density at radius 2 is 2.25 bits per heavy atom. The number of nitrogens with zero attached hydrogens (tertiary/aromatic N) is 2. The molecular formula is C8H15N3O. The Hall–Kier alpha value is -0.610. The first-order valence-corrected chi connectivity index (χ1v) is 4.39. The predicted molar refractivity (Wildman–Crippen MR) is 45.6 cm³/mol. The van der Waals surface area contributed by atoms with E-state index in [0.717, 1.165) is 13.1 Å². The Morgan fingerprint density at radius 3 is 2.67 bits per heavy atom. The van der Waals surface area contributed by atoms with Gasteiger partial charge in [-0.3, -0.25) is 9.69 Å². The monoisotopic (exact) mass is 169 g/mol. The molecule has 0 aromatic rings. The number of likely N-dealkylation sites (N-methyl/N-ethyl adjacent to an activating group) is 1. The third kappa shape index (κ3) is 1.21. The maximum atomic E-state index is 10.7. The molecule has 2 atom stereocenters. The fourth-order valence-corrected chi connectivity index (χ4v) is 2.34. The fraction of sp³-hybridized carbons (Fsp3) is 0.875. The summed E-state index contributed by atoms with van der Waals surface area (Å²) in [5.41, 5.74) is 5.14. The van der Waals surface area contributed by atoms with Crippen LogP contribution in [-0.2, 0) is 4.79 Å². The van der Waals surface area contributed by atoms with Crippen molar-refractivity contribution in [2.75, 3.05) is 26.7 Å². The summed E-state index contributed by atoms with van der Waals surface area (Å²) in [4.78, 5) is 15.2. The SMILES string of the molecule is CN1CC2CC1CN2CC(N)=O. The molecule has 4 nitrogen and oxygen atoms in total. The molecule has 2 saturated heterocycles. The third-order valence-electron chi connectivity index (χ3n) is 2.99. The van der Waals surface area contributed by atoms with Gasteiger partial charge < -0.3 is 10.6 Å². The maximum absolute atomic E-state index is 10.7. The lowest BCUT2D eigenvalue weighted by molar-refractivity contribution is -0.119. The van der Waals surface area contributed by atoms with Crippen LogP contribution in [0.5, 0.6) is 0 Å². The van der Waals surface area contributed by atoms with Crippen molar-refractivity contribution in [2.24, 2.45) is 5.73 Å². The Morgan fingerprint density at radius 1 is 1.50 bits per heavy atom. The highest BCUT2D eigenvalue weighted by atomic mass is 16.1. The number of hydrogen-bond donors (Lipinski definition) is 1.